The van der Waals surface area contributed by atoms with Crippen LogP contribution in [0.15, 0.2) is 29.1 Å². The number of benzene rings is 1. The Labute approximate surface area is 177 Å². The van der Waals surface area contributed by atoms with Crippen molar-refractivity contribution < 1.29 is 0 Å². The number of piperidine rings is 1. The molecule has 1 N–H and O–H groups in total. The molecule has 0 aliphatic carbocycles. The van der Waals surface area contributed by atoms with Crippen molar-refractivity contribution >= 4 is 10.9 Å². The maximum atomic E-state index is 13.3. The molecule has 1 aliphatic rings. The number of aromatic amines is 1. The van der Waals surface area contributed by atoms with E-state index in [9.17, 15) is 4.79 Å². The van der Waals surface area contributed by atoms with E-state index in [1.807, 2.05) is 29.8 Å². The van der Waals surface area contributed by atoms with E-state index in [0.717, 1.165) is 48.2 Å². The molecular formula is C23H32N6O. The molecule has 7 heteroatoms. The van der Waals surface area contributed by atoms with Gasteiger partial charge in [0.25, 0.3) is 5.56 Å². The highest BCUT2D eigenvalue weighted by atomic mass is 16.1. The number of hydrogen-bond acceptors (Lipinski definition) is 5. The number of aryl methyl sites for hydroxylation is 1. The van der Waals surface area contributed by atoms with Gasteiger partial charge in [-0.1, -0.05) is 32.0 Å². The van der Waals surface area contributed by atoms with Crippen LogP contribution in [0.5, 0.6) is 0 Å². The van der Waals surface area contributed by atoms with Crippen molar-refractivity contribution in [2.24, 2.45) is 5.92 Å². The lowest BCUT2D eigenvalue weighted by molar-refractivity contribution is 0.135. The molecule has 0 amide bonds. The van der Waals surface area contributed by atoms with Gasteiger partial charge in [-0.3, -0.25) is 9.69 Å². The van der Waals surface area contributed by atoms with Crippen LogP contribution in [0, 0.1) is 12.8 Å². The van der Waals surface area contributed by atoms with E-state index in [-0.39, 0.29) is 17.1 Å². The molecular weight excluding hydrogens is 376 g/mol. The zero-order valence-electron chi connectivity index (χ0n) is 18.6. The van der Waals surface area contributed by atoms with Crippen LogP contribution in [-0.2, 0) is 5.54 Å². The molecule has 2 atom stereocenters. The van der Waals surface area contributed by atoms with Crippen LogP contribution in [-0.4, -0.2) is 43.2 Å². The molecule has 1 aliphatic heterocycles. The van der Waals surface area contributed by atoms with E-state index in [2.05, 4.69) is 59.2 Å². The zero-order valence-corrected chi connectivity index (χ0v) is 18.6. The summed E-state index contributed by atoms with van der Waals surface area (Å²) in [6.07, 6.45) is 3.21. The monoisotopic (exact) mass is 408 g/mol. The fraction of sp³-hybridized carbons (Fsp3) is 0.565. The molecule has 3 heterocycles. The quantitative estimate of drug-likeness (QED) is 0.695. The Balaban J connectivity index is 1.92. The summed E-state index contributed by atoms with van der Waals surface area (Å²) in [4.78, 5) is 18.8. The smallest absolute Gasteiger partial charge is 0.253 e. The predicted molar refractivity (Wildman–Crippen MR) is 119 cm³/mol. The molecule has 1 aromatic carbocycles. The Bertz CT molecular complexity index is 1100. The Morgan fingerprint density at radius 3 is 2.87 bits per heavy atom. The van der Waals surface area contributed by atoms with Crippen molar-refractivity contribution in [1.29, 1.82) is 0 Å². The van der Waals surface area contributed by atoms with Gasteiger partial charge in [-0.15, -0.1) is 5.10 Å². The molecule has 4 rings (SSSR count). The number of fused-ring (bicyclic) bond motifs is 1. The fourth-order valence-corrected chi connectivity index (χ4v) is 4.51. The first kappa shape index (κ1) is 20.7. The number of likely N-dealkylation sites (tertiary alicyclic amines) is 1. The van der Waals surface area contributed by atoms with Crippen molar-refractivity contribution in [2.45, 2.75) is 65.5 Å². The lowest BCUT2D eigenvalue weighted by Gasteiger charge is -2.37. The highest BCUT2D eigenvalue weighted by molar-refractivity contribution is 5.82. The Hall–Kier alpha value is -2.54. The Morgan fingerprint density at radius 1 is 1.33 bits per heavy atom. The maximum absolute atomic E-state index is 13.3. The molecule has 0 unspecified atom stereocenters. The lowest BCUT2D eigenvalue weighted by atomic mass is 9.94. The van der Waals surface area contributed by atoms with Crippen LogP contribution >= 0.6 is 0 Å². The van der Waals surface area contributed by atoms with Gasteiger partial charge in [-0.2, -0.15) is 0 Å². The number of hydrogen-bond donors (Lipinski definition) is 1. The van der Waals surface area contributed by atoms with Gasteiger partial charge in [-0.05, 0) is 79.9 Å². The largest absolute Gasteiger partial charge is 0.321 e. The molecule has 0 spiro atoms. The summed E-state index contributed by atoms with van der Waals surface area (Å²) in [7, 11) is 0. The first-order valence-corrected chi connectivity index (χ1v) is 11.0. The van der Waals surface area contributed by atoms with Crippen molar-refractivity contribution in [2.75, 3.05) is 13.1 Å². The molecule has 1 saturated heterocycles. The third kappa shape index (κ3) is 3.67. The normalized spacial score (nSPS) is 19.3. The minimum absolute atomic E-state index is 0.0659. The maximum Gasteiger partial charge on any atom is 0.253 e. The van der Waals surface area contributed by atoms with Crippen LogP contribution in [0.2, 0.25) is 0 Å². The summed E-state index contributed by atoms with van der Waals surface area (Å²) < 4.78 is 1.91. The number of nitrogens with zero attached hydrogens (tertiary/aromatic N) is 5. The molecule has 160 valence electrons. The third-order valence-electron chi connectivity index (χ3n) is 6.64. The van der Waals surface area contributed by atoms with E-state index < -0.39 is 0 Å². The van der Waals surface area contributed by atoms with Gasteiger partial charge >= 0.3 is 0 Å². The van der Waals surface area contributed by atoms with E-state index in [1.165, 1.54) is 6.42 Å². The predicted octanol–water partition coefficient (Wildman–Crippen LogP) is 3.79. The highest BCUT2D eigenvalue weighted by Crippen LogP contribution is 2.33. The Kier molecular flexibility index (Phi) is 5.49. The standard InChI is InChI=1S/C23H32N6O/c1-6-23(4,5)29-21(25-26-27-29)20(28-12-8-9-15(2)14-28)18-13-17-11-7-10-16(3)19(17)24-22(18)30/h7,10-11,13,15,20H,6,8-9,12,14H2,1-5H3,(H,24,30)/t15-,20-/m1/s1. The van der Waals surface area contributed by atoms with E-state index in [1.54, 1.807) is 0 Å². The SMILES string of the molecule is CCC(C)(C)n1nnnc1[C@@H](c1cc2cccc(C)c2[nH]c1=O)N1CCC[C@@H](C)C1. The molecule has 0 radical (unpaired) electrons. The van der Waals surface area contributed by atoms with Crippen molar-refractivity contribution in [3.8, 4) is 0 Å². The molecule has 2 aromatic heterocycles. The van der Waals surface area contributed by atoms with Gasteiger partial charge in [-0.25, -0.2) is 4.68 Å². The zero-order chi connectivity index (χ0) is 21.5. The van der Waals surface area contributed by atoms with Gasteiger partial charge in [0.05, 0.1) is 11.1 Å². The summed E-state index contributed by atoms with van der Waals surface area (Å²) in [6, 6.07) is 7.86. The van der Waals surface area contributed by atoms with Crippen molar-refractivity contribution in [3.05, 3.63) is 51.6 Å². The molecule has 3 aromatic rings. The average Bonchev–Trinajstić information content (AvgIpc) is 3.20. The average molecular weight is 409 g/mol. The van der Waals surface area contributed by atoms with Gasteiger partial charge in [0.15, 0.2) is 5.82 Å². The Morgan fingerprint density at radius 2 is 2.13 bits per heavy atom. The first-order chi connectivity index (χ1) is 14.3. The number of aromatic nitrogens is 5. The molecule has 1 fully saturated rings. The summed E-state index contributed by atoms with van der Waals surface area (Å²) in [5, 5.41) is 13.9. The topological polar surface area (TPSA) is 79.7 Å². The number of H-pyrrole nitrogens is 1. The minimum atomic E-state index is -0.276. The highest BCUT2D eigenvalue weighted by Gasteiger charge is 2.35. The number of tetrazole rings is 1. The second kappa shape index (κ2) is 7.95. The molecule has 30 heavy (non-hydrogen) atoms. The second-order valence-electron chi connectivity index (χ2n) is 9.35. The van der Waals surface area contributed by atoms with E-state index in [4.69, 9.17) is 0 Å². The van der Waals surface area contributed by atoms with E-state index in [0.29, 0.717) is 11.5 Å². The second-order valence-corrected chi connectivity index (χ2v) is 9.35. The van der Waals surface area contributed by atoms with Crippen LogP contribution in [0.25, 0.3) is 10.9 Å². The third-order valence-corrected chi connectivity index (χ3v) is 6.64. The van der Waals surface area contributed by atoms with Crippen molar-refractivity contribution in [3.63, 3.8) is 0 Å². The van der Waals surface area contributed by atoms with Gasteiger partial charge in [0.1, 0.15) is 6.04 Å². The summed E-state index contributed by atoms with van der Waals surface area (Å²) in [5.41, 5.74) is 2.37. The van der Waals surface area contributed by atoms with Gasteiger partial charge < -0.3 is 4.98 Å². The summed E-state index contributed by atoms with van der Waals surface area (Å²) in [6.45, 7) is 12.6. The fourth-order valence-electron chi connectivity index (χ4n) is 4.51. The number of rotatable bonds is 5. The van der Waals surface area contributed by atoms with Gasteiger partial charge in [0, 0.05) is 12.1 Å². The minimum Gasteiger partial charge on any atom is -0.321 e. The number of para-hydroxylation sites is 1. The number of pyridine rings is 1. The first-order valence-electron chi connectivity index (χ1n) is 11.0. The van der Waals surface area contributed by atoms with Crippen LogP contribution < -0.4 is 5.56 Å². The van der Waals surface area contributed by atoms with Crippen LogP contribution in [0.1, 0.15) is 70.0 Å². The lowest BCUT2D eigenvalue weighted by Crippen LogP contribution is -2.42. The number of nitrogens with one attached hydrogen (secondary N) is 1. The van der Waals surface area contributed by atoms with Crippen LogP contribution in [0.4, 0.5) is 0 Å². The van der Waals surface area contributed by atoms with Crippen LogP contribution in [0.3, 0.4) is 0 Å². The van der Waals surface area contributed by atoms with E-state index >= 15 is 0 Å². The summed E-state index contributed by atoms with van der Waals surface area (Å²) in [5.74, 6) is 1.32. The molecule has 7 nitrogen and oxygen atoms in total. The van der Waals surface area contributed by atoms with Gasteiger partial charge in [0.2, 0.25) is 0 Å². The summed E-state index contributed by atoms with van der Waals surface area (Å²) >= 11 is 0. The molecule has 0 bridgehead atoms. The molecule has 0 saturated carbocycles. The van der Waals surface area contributed by atoms with Crippen molar-refractivity contribution in [1.82, 2.24) is 30.1 Å².